The van der Waals surface area contributed by atoms with Gasteiger partial charge in [0.2, 0.25) is 0 Å². The Balaban J connectivity index is 1.49. The molecule has 0 aliphatic carbocycles. The van der Waals surface area contributed by atoms with Gasteiger partial charge in [-0.15, -0.1) is 0 Å². The zero-order chi connectivity index (χ0) is 20.5. The van der Waals surface area contributed by atoms with Crippen molar-refractivity contribution in [1.82, 2.24) is 14.5 Å². The summed E-state index contributed by atoms with van der Waals surface area (Å²) in [5.74, 6) is 0.410. The number of carbonyl (C=O) groups excluding carboxylic acids is 1. The molecule has 146 valence electrons. The zero-order valence-corrected chi connectivity index (χ0v) is 15.6. The molecule has 3 heterocycles. The van der Waals surface area contributed by atoms with E-state index in [4.69, 9.17) is 4.84 Å². The van der Waals surface area contributed by atoms with Crippen LogP contribution in [0.5, 0.6) is 0 Å². The van der Waals surface area contributed by atoms with Crippen LogP contribution in [0.15, 0.2) is 82.9 Å². The summed E-state index contributed by atoms with van der Waals surface area (Å²) in [6, 6.07) is 19.7. The molecule has 2 aromatic heterocycles. The second kappa shape index (κ2) is 7.25. The van der Waals surface area contributed by atoms with E-state index in [9.17, 15) is 9.59 Å². The van der Waals surface area contributed by atoms with Crippen molar-refractivity contribution in [1.29, 1.82) is 0 Å². The Labute approximate surface area is 170 Å². The van der Waals surface area contributed by atoms with Crippen LogP contribution in [0.3, 0.4) is 0 Å². The molecule has 1 aliphatic heterocycles. The quantitative estimate of drug-likeness (QED) is 0.470. The van der Waals surface area contributed by atoms with Gasteiger partial charge in [0.05, 0.1) is 16.6 Å². The smallest absolute Gasteiger partial charge is 0.266 e. The number of aromatic nitrogens is 3. The van der Waals surface area contributed by atoms with Crippen molar-refractivity contribution in [3.63, 3.8) is 0 Å². The Hall–Kier alpha value is -4.33. The predicted molar refractivity (Wildman–Crippen MR) is 112 cm³/mol. The number of benzene rings is 2. The Morgan fingerprint density at radius 1 is 1.03 bits per heavy atom. The SMILES string of the molecule is O=C(CO/N=C1\c2ccccc2-n2c1nc1ccccc1c2=O)Nc1ccccn1. The van der Waals surface area contributed by atoms with E-state index in [0.717, 1.165) is 0 Å². The first-order valence-electron chi connectivity index (χ1n) is 9.25. The topological polar surface area (TPSA) is 98.5 Å². The van der Waals surface area contributed by atoms with Crippen molar-refractivity contribution in [2.24, 2.45) is 5.16 Å². The molecule has 4 aromatic rings. The maximum Gasteiger partial charge on any atom is 0.266 e. The monoisotopic (exact) mass is 397 g/mol. The Morgan fingerprint density at radius 2 is 1.83 bits per heavy atom. The Morgan fingerprint density at radius 3 is 2.70 bits per heavy atom. The maximum absolute atomic E-state index is 13.1. The third kappa shape index (κ3) is 3.00. The van der Waals surface area contributed by atoms with Gasteiger partial charge in [0, 0.05) is 11.8 Å². The lowest BCUT2D eigenvalue weighted by molar-refractivity contribution is -0.120. The fourth-order valence-electron chi connectivity index (χ4n) is 3.37. The van der Waals surface area contributed by atoms with Gasteiger partial charge >= 0.3 is 0 Å². The molecule has 1 aliphatic rings. The first kappa shape index (κ1) is 17.7. The number of amides is 1. The van der Waals surface area contributed by atoms with E-state index >= 15 is 0 Å². The highest BCUT2D eigenvalue weighted by molar-refractivity contribution is 6.16. The third-order valence-corrected chi connectivity index (χ3v) is 4.67. The number of nitrogens with one attached hydrogen (secondary N) is 1. The van der Waals surface area contributed by atoms with Crippen molar-refractivity contribution < 1.29 is 9.63 Å². The molecule has 8 nitrogen and oxygen atoms in total. The summed E-state index contributed by atoms with van der Waals surface area (Å²) in [6.07, 6.45) is 1.58. The largest absolute Gasteiger partial charge is 0.385 e. The highest BCUT2D eigenvalue weighted by atomic mass is 16.6. The number of hydrogen-bond donors (Lipinski definition) is 1. The summed E-state index contributed by atoms with van der Waals surface area (Å²) in [5.41, 5.74) is 2.18. The van der Waals surface area contributed by atoms with Crippen molar-refractivity contribution in [3.05, 3.63) is 94.7 Å². The average Bonchev–Trinajstić information content (AvgIpc) is 3.08. The molecule has 0 spiro atoms. The Kier molecular flexibility index (Phi) is 4.29. The van der Waals surface area contributed by atoms with Crippen LogP contribution in [0, 0.1) is 0 Å². The van der Waals surface area contributed by atoms with Gasteiger partial charge in [0.1, 0.15) is 5.82 Å². The molecule has 5 rings (SSSR count). The molecular weight excluding hydrogens is 382 g/mol. The minimum atomic E-state index is -0.395. The molecule has 0 radical (unpaired) electrons. The first-order valence-corrected chi connectivity index (χ1v) is 9.25. The van der Waals surface area contributed by atoms with E-state index in [1.165, 1.54) is 4.57 Å². The van der Waals surface area contributed by atoms with Crippen LogP contribution >= 0.6 is 0 Å². The van der Waals surface area contributed by atoms with E-state index in [1.54, 1.807) is 42.6 Å². The van der Waals surface area contributed by atoms with Gasteiger partial charge in [-0.2, -0.15) is 0 Å². The number of rotatable bonds is 4. The molecule has 2 aromatic carbocycles. The number of carbonyl (C=O) groups is 1. The van der Waals surface area contributed by atoms with Gasteiger partial charge in [0.25, 0.3) is 11.5 Å². The fourth-order valence-corrected chi connectivity index (χ4v) is 3.37. The first-order chi connectivity index (χ1) is 14.7. The van der Waals surface area contributed by atoms with Gasteiger partial charge in [-0.05, 0) is 30.3 Å². The summed E-state index contributed by atoms with van der Waals surface area (Å²) in [5, 5.41) is 7.29. The van der Waals surface area contributed by atoms with E-state index < -0.39 is 5.91 Å². The number of nitrogens with zero attached hydrogens (tertiary/aromatic N) is 4. The van der Waals surface area contributed by atoms with Crippen LogP contribution in [0.1, 0.15) is 11.4 Å². The number of oxime groups is 1. The average molecular weight is 397 g/mol. The molecule has 0 bridgehead atoms. The predicted octanol–water partition coefficient (Wildman–Crippen LogP) is 2.50. The number of fused-ring (bicyclic) bond motifs is 4. The summed E-state index contributed by atoms with van der Waals surface area (Å²) in [6.45, 7) is -0.306. The van der Waals surface area contributed by atoms with Crippen molar-refractivity contribution in [3.8, 4) is 5.69 Å². The molecule has 0 saturated heterocycles. The van der Waals surface area contributed by atoms with Crippen LogP contribution in [0.25, 0.3) is 16.6 Å². The van der Waals surface area contributed by atoms with Crippen LogP contribution < -0.4 is 10.9 Å². The number of hydrogen-bond acceptors (Lipinski definition) is 6. The summed E-state index contributed by atoms with van der Waals surface area (Å²) < 4.78 is 1.52. The van der Waals surface area contributed by atoms with Crippen molar-refractivity contribution >= 4 is 28.3 Å². The minimum absolute atomic E-state index is 0.179. The van der Waals surface area contributed by atoms with E-state index in [2.05, 4.69) is 20.4 Å². The molecular formula is C22H15N5O3. The van der Waals surface area contributed by atoms with Gasteiger partial charge in [-0.3, -0.25) is 14.2 Å². The fraction of sp³-hybridized carbons (Fsp3) is 0.0455. The minimum Gasteiger partial charge on any atom is -0.385 e. The standard InChI is InChI=1S/C22H15N5O3/c28-19(25-18-11-5-6-12-23-18)13-30-26-20-15-8-2-4-10-17(15)27-21(20)24-16-9-3-1-7-14(16)22(27)29/h1-12H,13H2,(H,23,25,28)/b26-20+. The van der Waals surface area contributed by atoms with Crippen molar-refractivity contribution in [2.45, 2.75) is 0 Å². The van der Waals surface area contributed by atoms with Crippen LogP contribution in [0.2, 0.25) is 0 Å². The molecule has 30 heavy (non-hydrogen) atoms. The molecule has 0 atom stereocenters. The lowest BCUT2D eigenvalue weighted by atomic mass is 10.1. The summed E-state index contributed by atoms with van der Waals surface area (Å²) in [4.78, 5) is 39.1. The van der Waals surface area contributed by atoms with Gasteiger partial charge in [-0.1, -0.05) is 41.6 Å². The molecule has 1 N–H and O–H groups in total. The van der Waals surface area contributed by atoms with Crippen LogP contribution in [-0.4, -0.2) is 32.8 Å². The van der Waals surface area contributed by atoms with E-state index in [0.29, 0.717) is 39.5 Å². The van der Waals surface area contributed by atoms with Gasteiger partial charge in [-0.25, -0.2) is 9.97 Å². The summed E-state index contributed by atoms with van der Waals surface area (Å²) >= 11 is 0. The molecule has 0 unspecified atom stereocenters. The number of anilines is 1. The number of para-hydroxylation sites is 2. The van der Waals surface area contributed by atoms with Crippen LogP contribution in [-0.2, 0) is 9.63 Å². The van der Waals surface area contributed by atoms with Crippen LogP contribution in [0.4, 0.5) is 5.82 Å². The molecule has 8 heteroatoms. The normalized spacial score (nSPS) is 13.1. The third-order valence-electron chi connectivity index (χ3n) is 4.67. The zero-order valence-electron chi connectivity index (χ0n) is 15.6. The Bertz CT molecular complexity index is 1360. The highest BCUT2D eigenvalue weighted by Crippen LogP contribution is 2.26. The van der Waals surface area contributed by atoms with E-state index in [1.807, 2.05) is 30.3 Å². The second-order valence-corrected chi connectivity index (χ2v) is 6.59. The van der Waals surface area contributed by atoms with Gasteiger partial charge in [0.15, 0.2) is 18.1 Å². The molecule has 0 saturated carbocycles. The molecule has 0 fully saturated rings. The highest BCUT2D eigenvalue weighted by Gasteiger charge is 2.29. The molecule has 1 amide bonds. The van der Waals surface area contributed by atoms with Gasteiger partial charge < -0.3 is 10.2 Å². The summed E-state index contributed by atoms with van der Waals surface area (Å²) in [7, 11) is 0. The van der Waals surface area contributed by atoms with E-state index in [-0.39, 0.29) is 12.2 Å². The maximum atomic E-state index is 13.1. The lowest BCUT2D eigenvalue weighted by Crippen LogP contribution is -2.22. The number of pyridine rings is 1. The second-order valence-electron chi connectivity index (χ2n) is 6.59. The lowest BCUT2D eigenvalue weighted by Gasteiger charge is -2.06. The van der Waals surface area contributed by atoms with Crippen molar-refractivity contribution in [2.75, 3.05) is 11.9 Å².